The Morgan fingerprint density at radius 3 is 2.00 bits per heavy atom. The van der Waals surface area contributed by atoms with Crippen molar-refractivity contribution in [3.63, 3.8) is 0 Å². The zero-order chi connectivity index (χ0) is 11.7. The van der Waals surface area contributed by atoms with E-state index in [4.69, 9.17) is 0 Å². The maximum atomic E-state index is 9.94. The summed E-state index contributed by atoms with van der Waals surface area (Å²) in [7, 11) is 0. The summed E-state index contributed by atoms with van der Waals surface area (Å²) >= 11 is 0. The van der Waals surface area contributed by atoms with Gasteiger partial charge in [-0.15, -0.1) is 0 Å². The SMILES string of the molecule is Cc1cnc(NC(C)(C)C(C)(C)O)nc1. The van der Waals surface area contributed by atoms with Crippen LogP contribution in [0.25, 0.3) is 0 Å². The molecule has 84 valence electrons. The molecular formula is C11H19N3O. The van der Waals surface area contributed by atoms with Crippen LogP contribution in [0.2, 0.25) is 0 Å². The molecule has 1 aromatic rings. The lowest BCUT2D eigenvalue weighted by Gasteiger charge is -2.37. The van der Waals surface area contributed by atoms with Crippen molar-refractivity contribution < 1.29 is 5.11 Å². The highest BCUT2D eigenvalue weighted by Gasteiger charge is 2.35. The van der Waals surface area contributed by atoms with Crippen LogP contribution < -0.4 is 5.32 Å². The Kier molecular flexibility index (Phi) is 3.00. The molecule has 0 unspecified atom stereocenters. The van der Waals surface area contributed by atoms with Crippen molar-refractivity contribution in [3.05, 3.63) is 18.0 Å². The monoisotopic (exact) mass is 209 g/mol. The van der Waals surface area contributed by atoms with E-state index in [1.807, 2.05) is 20.8 Å². The number of nitrogens with one attached hydrogen (secondary N) is 1. The number of rotatable bonds is 3. The van der Waals surface area contributed by atoms with E-state index in [1.54, 1.807) is 26.2 Å². The third kappa shape index (κ3) is 2.89. The molecule has 4 heteroatoms. The Balaban J connectivity index is 2.82. The normalized spacial score (nSPS) is 12.7. The first-order valence-electron chi connectivity index (χ1n) is 5.01. The van der Waals surface area contributed by atoms with Gasteiger partial charge in [0.25, 0.3) is 0 Å². The van der Waals surface area contributed by atoms with E-state index in [9.17, 15) is 5.11 Å². The molecule has 0 aliphatic rings. The Hall–Kier alpha value is -1.16. The van der Waals surface area contributed by atoms with Crippen molar-refractivity contribution in [3.8, 4) is 0 Å². The molecule has 0 amide bonds. The quantitative estimate of drug-likeness (QED) is 0.796. The van der Waals surface area contributed by atoms with E-state index in [0.29, 0.717) is 5.95 Å². The van der Waals surface area contributed by atoms with Gasteiger partial charge in [-0.25, -0.2) is 9.97 Å². The standard InChI is InChI=1S/C11H19N3O/c1-8-6-12-9(13-7-8)14-10(2,3)11(4,5)15/h6-7,15H,1-5H3,(H,12,13,14). The van der Waals surface area contributed by atoms with Crippen molar-refractivity contribution in [2.45, 2.75) is 45.8 Å². The Morgan fingerprint density at radius 2 is 1.60 bits per heavy atom. The minimum atomic E-state index is -0.846. The molecule has 0 fully saturated rings. The van der Waals surface area contributed by atoms with E-state index < -0.39 is 11.1 Å². The predicted molar refractivity (Wildman–Crippen MR) is 60.8 cm³/mol. The van der Waals surface area contributed by atoms with Gasteiger partial charge in [-0.1, -0.05) is 0 Å². The molecule has 0 saturated carbocycles. The van der Waals surface area contributed by atoms with Gasteiger partial charge < -0.3 is 10.4 Å². The largest absolute Gasteiger partial charge is 0.388 e. The lowest BCUT2D eigenvalue weighted by molar-refractivity contribution is 0.0237. The van der Waals surface area contributed by atoms with Crippen LogP contribution in [0.15, 0.2) is 12.4 Å². The Labute approximate surface area is 90.8 Å². The van der Waals surface area contributed by atoms with E-state index in [0.717, 1.165) is 5.56 Å². The molecule has 0 atom stereocenters. The molecule has 0 aliphatic carbocycles. The van der Waals surface area contributed by atoms with Gasteiger partial charge in [-0.3, -0.25) is 0 Å². The number of hydrogen-bond acceptors (Lipinski definition) is 4. The Bertz CT molecular complexity index is 325. The fourth-order valence-corrected chi connectivity index (χ4v) is 0.890. The predicted octanol–water partition coefficient (Wildman–Crippen LogP) is 1.75. The molecule has 15 heavy (non-hydrogen) atoms. The molecule has 0 radical (unpaired) electrons. The zero-order valence-corrected chi connectivity index (χ0v) is 10.00. The molecule has 2 N–H and O–H groups in total. The van der Waals surface area contributed by atoms with Crippen molar-refractivity contribution in [1.82, 2.24) is 9.97 Å². The topological polar surface area (TPSA) is 58.0 Å². The summed E-state index contributed by atoms with van der Waals surface area (Å²) in [5.74, 6) is 0.535. The van der Waals surface area contributed by atoms with Crippen LogP contribution in [0.4, 0.5) is 5.95 Å². The van der Waals surface area contributed by atoms with Crippen LogP contribution in [0.3, 0.4) is 0 Å². The number of aryl methyl sites for hydroxylation is 1. The zero-order valence-electron chi connectivity index (χ0n) is 10.00. The average Bonchev–Trinajstić information content (AvgIpc) is 2.06. The number of anilines is 1. The summed E-state index contributed by atoms with van der Waals surface area (Å²) in [6, 6.07) is 0. The maximum absolute atomic E-state index is 9.94. The number of hydrogen-bond donors (Lipinski definition) is 2. The summed E-state index contributed by atoms with van der Waals surface area (Å²) in [6.45, 7) is 9.28. The van der Waals surface area contributed by atoms with Gasteiger partial charge in [-0.05, 0) is 40.2 Å². The molecule has 0 bridgehead atoms. The van der Waals surface area contributed by atoms with Crippen LogP contribution >= 0.6 is 0 Å². The van der Waals surface area contributed by atoms with E-state index in [1.165, 1.54) is 0 Å². The molecule has 0 aliphatic heterocycles. The lowest BCUT2D eigenvalue weighted by atomic mass is 9.86. The molecule has 1 aromatic heterocycles. The fraction of sp³-hybridized carbons (Fsp3) is 0.636. The lowest BCUT2D eigenvalue weighted by Crippen LogP contribution is -2.51. The number of nitrogens with zero attached hydrogens (tertiary/aromatic N) is 2. The van der Waals surface area contributed by atoms with Gasteiger partial charge in [0.2, 0.25) is 5.95 Å². The molecule has 1 heterocycles. The summed E-state index contributed by atoms with van der Waals surface area (Å²) in [5, 5.41) is 13.1. The molecular weight excluding hydrogens is 190 g/mol. The van der Waals surface area contributed by atoms with Crippen LogP contribution in [0.5, 0.6) is 0 Å². The minimum absolute atomic E-state index is 0.484. The van der Waals surface area contributed by atoms with Crippen LogP contribution in [0.1, 0.15) is 33.3 Å². The summed E-state index contributed by atoms with van der Waals surface area (Å²) in [6.07, 6.45) is 3.49. The third-order valence-corrected chi connectivity index (χ3v) is 2.73. The van der Waals surface area contributed by atoms with Crippen molar-refractivity contribution >= 4 is 5.95 Å². The van der Waals surface area contributed by atoms with Gasteiger partial charge in [-0.2, -0.15) is 0 Å². The first-order chi connectivity index (χ1) is 6.72. The van der Waals surface area contributed by atoms with Crippen molar-refractivity contribution in [2.24, 2.45) is 0 Å². The second-order valence-electron chi connectivity index (χ2n) is 4.89. The molecule has 0 saturated heterocycles. The van der Waals surface area contributed by atoms with Gasteiger partial charge in [0.1, 0.15) is 0 Å². The highest BCUT2D eigenvalue weighted by molar-refractivity contribution is 5.30. The Morgan fingerprint density at radius 1 is 1.13 bits per heavy atom. The maximum Gasteiger partial charge on any atom is 0.223 e. The number of aromatic nitrogens is 2. The highest BCUT2D eigenvalue weighted by Crippen LogP contribution is 2.23. The second kappa shape index (κ2) is 3.77. The van der Waals surface area contributed by atoms with Gasteiger partial charge in [0, 0.05) is 12.4 Å². The average molecular weight is 209 g/mol. The minimum Gasteiger partial charge on any atom is -0.388 e. The van der Waals surface area contributed by atoms with E-state index in [2.05, 4.69) is 15.3 Å². The van der Waals surface area contributed by atoms with Crippen LogP contribution in [-0.4, -0.2) is 26.2 Å². The number of aliphatic hydroxyl groups is 1. The first-order valence-corrected chi connectivity index (χ1v) is 5.01. The summed E-state index contributed by atoms with van der Waals surface area (Å²) in [4.78, 5) is 8.29. The first kappa shape index (κ1) is 11.9. The molecule has 0 spiro atoms. The van der Waals surface area contributed by atoms with E-state index >= 15 is 0 Å². The van der Waals surface area contributed by atoms with Gasteiger partial charge >= 0.3 is 0 Å². The van der Waals surface area contributed by atoms with Crippen molar-refractivity contribution in [2.75, 3.05) is 5.32 Å². The summed E-state index contributed by atoms with van der Waals surface area (Å²) in [5.41, 5.74) is -0.314. The second-order valence-corrected chi connectivity index (χ2v) is 4.89. The molecule has 1 rings (SSSR count). The van der Waals surface area contributed by atoms with Gasteiger partial charge in [0.05, 0.1) is 11.1 Å². The highest BCUT2D eigenvalue weighted by atomic mass is 16.3. The third-order valence-electron chi connectivity index (χ3n) is 2.73. The fourth-order valence-electron chi connectivity index (χ4n) is 0.890. The van der Waals surface area contributed by atoms with Crippen LogP contribution in [0, 0.1) is 6.92 Å². The molecule has 4 nitrogen and oxygen atoms in total. The summed E-state index contributed by atoms with van der Waals surface area (Å²) < 4.78 is 0. The van der Waals surface area contributed by atoms with E-state index in [-0.39, 0.29) is 0 Å². The van der Waals surface area contributed by atoms with Gasteiger partial charge in [0.15, 0.2) is 0 Å². The molecule has 0 aromatic carbocycles. The van der Waals surface area contributed by atoms with Crippen LogP contribution in [-0.2, 0) is 0 Å². The smallest absolute Gasteiger partial charge is 0.223 e. The van der Waals surface area contributed by atoms with Crippen molar-refractivity contribution in [1.29, 1.82) is 0 Å².